The summed E-state index contributed by atoms with van der Waals surface area (Å²) in [6.45, 7) is 2.56. The third-order valence-electron chi connectivity index (χ3n) is 3.51. The molecule has 21 heavy (non-hydrogen) atoms. The monoisotopic (exact) mass is 284 g/mol. The maximum Gasteiger partial charge on any atom is 0.119 e. The molecule has 0 radical (unpaired) electrons. The van der Waals surface area contributed by atoms with Gasteiger partial charge in [-0.3, -0.25) is 0 Å². The van der Waals surface area contributed by atoms with Crippen molar-refractivity contribution >= 4 is 0 Å². The molecule has 2 aromatic rings. The summed E-state index contributed by atoms with van der Waals surface area (Å²) in [5, 5.41) is 10.5. The van der Waals surface area contributed by atoms with Crippen LogP contribution in [0.15, 0.2) is 48.5 Å². The number of ether oxygens (including phenoxy) is 2. The Hall–Kier alpha value is -2.00. The second-order valence-corrected chi connectivity index (χ2v) is 5.29. The Labute approximate surface area is 125 Å². The fourth-order valence-corrected chi connectivity index (χ4v) is 2.24. The van der Waals surface area contributed by atoms with Gasteiger partial charge in [0.15, 0.2) is 0 Å². The molecule has 3 nitrogen and oxygen atoms in total. The lowest BCUT2D eigenvalue weighted by molar-refractivity contribution is 0.219. The smallest absolute Gasteiger partial charge is 0.119 e. The number of hydrogen-bond acceptors (Lipinski definition) is 3. The zero-order valence-electron chi connectivity index (χ0n) is 12.2. The van der Waals surface area contributed by atoms with Crippen LogP contribution in [-0.2, 0) is 0 Å². The first kappa shape index (κ1) is 14.0. The molecule has 0 bridgehead atoms. The second kappa shape index (κ2) is 6.19. The molecule has 0 saturated heterocycles. The van der Waals surface area contributed by atoms with Crippen LogP contribution in [0.4, 0.5) is 0 Å². The van der Waals surface area contributed by atoms with Gasteiger partial charge in [-0.05, 0) is 55.2 Å². The zero-order chi connectivity index (χ0) is 14.7. The topological polar surface area (TPSA) is 38.7 Å². The van der Waals surface area contributed by atoms with Crippen LogP contribution in [0.2, 0.25) is 0 Å². The molecular weight excluding hydrogens is 264 g/mol. The summed E-state index contributed by atoms with van der Waals surface area (Å²) in [6, 6.07) is 15.2. The Bertz CT molecular complexity index is 588. The maximum atomic E-state index is 10.5. The lowest BCUT2D eigenvalue weighted by Gasteiger charge is -2.14. The molecule has 1 aliphatic rings. The van der Waals surface area contributed by atoms with Gasteiger partial charge in [0, 0.05) is 0 Å². The average Bonchev–Trinajstić information content (AvgIpc) is 3.32. The molecule has 1 aliphatic carbocycles. The number of aliphatic hydroxyl groups excluding tert-OH is 1. The van der Waals surface area contributed by atoms with Gasteiger partial charge >= 0.3 is 0 Å². The molecular formula is C18H20O3. The minimum Gasteiger partial charge on any atom is -0.494 e. The van der Waals surface area contributed by atoms with Gasteiger partial charge < -0.3 is 14.6 Å². The summed E-state index contributed by atoms with van der Waals surface area (Å²) in [5.74, 6) is 1.65. The van der Waals surface area contributed by atoms with E-state index in [2.05, 4.69) is 0 Å². The van der Waals surface area contributed by atoms with Gasteiger partial charge in [-0.15, -0.1) is 0 Å². The predicted molar refractivity (Wildman–Crippen MR) is 81.8 cm³/mol. The molecule has 0 heterocycles. The number of benzene rings is 2. The molecule has 0 aromatic heterocycles. The third kappa shape index (κ3) is 3.56. The highest BCUT2D eigenvalue weighted by molar-refractivity contribution is 5.37. The maximum absolute atomic E-state index is 10.5. The van der Waals surface area contributed by atoms with Gasteiger partial charge in [-0.25, -0.2) is 0 Å². The Morgan fingerprint density at radius 3 is 2.48 bits per heavy atom. The molecule has 0 amide bonds. The van der Waals surface area contributed by atoms with E-state index in [1.165, 1.54) is 0 Å². The molecule has 0 spiro atoms. The van der Waals surface area contributed by atoms with Crippen molar-refractivity contribution in [3.05, 3.63) is 59.7 Å². The van der Waals surface area contributed by atoms with Crippen LogP contribution in [0.5, 0.6) is 11.5 Å². The van der Waals surface area contributed by atoms with E-state index in [1.54, 1.807) is 0 Å². The van der Waals surface area contributed by atoms with Crippen molar-refractivity contribution in [3.8, 4) is 11.5 Å². The molecule has 1 fully saturated rings. The lowest BCUT2D eigenvalue weighted by Crippen LogP contribution is -2.01. The minimum absolute atomic E-state index is 0.392. The fourth-order valence-electron chi connectivity index (χ4n) is 2.24. The molecule has 3 heteroatoms. The average molecular weight is 284 g/mol. The standard InChI is InChI=1S/C18H20O3/c1-2-20-17-5-3-4-14(12-17)18(19)13-6-8-15(9-7-13)21-16-10-11-16/h3-9,12,16,18-19H,2,10-11H2,1H3. The Morgan fingerprint density at radius 2 is 1.81 bits per heavy atom. The summed E-state index contributed by atoms with van der Waals surface area (Å²) in [4.78, 5) is 0. The molecule has 1 unspecified atom stereocenters. The van der Waals surface area contributed by atoms with Gasteiger partial charge in [0.2, 0.25) is 0 Å². The van der Waals surface area contributed by atoms with Crippen LogP contribution in [0, 0.1) is 0 Å². The number of aliphatic hydroxyl groups is 1. The highest BCUT2D eigenvalue weighted by Gasteiger charge is 2.23. The van der Waals surface area contributed by atoms with E-state index in [9.17, 15) is 5.11 Å². The third-order valence-corrected chi connectivity index (χ3v) is 3.51. The first-order chi connectivity index (χ1) is 10.3. The molecule has 2 aromatic carbocycles. The minimum atomic E-state index is -0.652. The Kier molecular flexibility index (Phi) is 4.11. The number of rotatable bonds is 6. The van der Waals surface area contributed by atoms with Crippen molar-refractivity contribution in [2.45, 2.75) is 32.0 Å². The fraction of sp³-hybridized carbons (Fsp3) is 0.333. The van der Waals surface area contributed by atoms with E-state index in [0.717, 1.165) is 35.5 Å². The van der Waals surface area contributed by atoms with Gasteiger partial charge in [-0.1, -0.05) is 24.3 Å². The van der Waals surface area contributed by atoms with Gasteiger partial charge in [0.1, 0.15) is 17.6 Å². The highest BCUT2D eigenvalue weighted by atomic mass is 16.5. The van der Waals surface area contributed by atoms with Gasteiger partial charge in [0.25, 0.3) is 0 Å². The summed E-state index contributed by atoms with van der Waals surface area (Å²) in [6.07, 6.45) is 2.03. The SMILES string of the molecule is CCOc1cccc(C(O)c2ccc(OC3CC3)cc2)c1. The highest BCUT2D eigenvalue weighted by Crippen LogP contribution is 2.29. The lowest BCUT2D eigenvalue weighted by atomic mass is 10.0. The van der Waals surface area contributed by atoms with Crippen LogP contribution in [0.25, 0.3) is 0 Å². The summed E-state index contributed by atoms with van der Waals surface area (Å²) >= 11 is 0. The molecule has 1 atom stereocenters. The van der Waals surface area contributed by atoms with Crippen LogP contribution < -0.4 is 9.47 Å². The summed E-state index contributed by atoms with van der Waals surface area (Å²) in [7, 11) is 0. The van der Waals surface area contributed by atoms with E-state index in [-0.39, 0.29) is 0 Å². The van der Waals surface area contributed by atoms with Crippen molar-refractivity contribution < 1.29 is 14.6 Å². The van der Waals surface area contributed by atoms with E-state index in [0.29, 0.717) is 12.7 Å². The first-order valence-electron chi connectivity index (χ1n) is 7.43. The van der Waals surface area contributed by atoms with Crippen molar-refractivity contribution in [2.75, 3.05) is 6.61 Å². The normalized spacial score (nSPS) is 15.5. The van der Waals surface area contributed by atoms with E-state index in [1.807, 2.05) is 55.5 Å². The van der Waals surface area contributed by atoms with Crippen LogP contribution in [-0.4, -0.2) is 17.8 Å². The van der Waals surface area contributed by atoms with Crippen LogP contribution in [0.1, 0.15) is 37.0 Å². The largest absolute Gasteiger partial charge is 0.494 e. The van der Waals surface area contributed by atoms with Crippen molar-refractivity contribution in [3.63, 3.8) is 0 Å². The van der Waals surface area contributed by atoms with Crippen LogP contribution in [0.3, 0.4) is 0 Å². The van der Waals surface area contributed by atoms with Crippen molar-refractivity contribution in [1.82, 2.24) is 0 Å². The van der Waals surface area contributed by atoms with E-state index >= 15 is 0 Å². The molecule has 110 valence electrons. The van der Waals surface area contributed by atoms with Crippen LogP contribution >= 0.6 is 0 Å². The summed E-state index contributed by atoms with van der Waals surface area (Å²) < 4.78 is 11.2. The summed E-state index contributed by atoms with van der Waals surface area (Å²) in [5.41, 5.74) is 1.68. The zero-order valence-corrected chi connectivity index (χ0v) is 12.2. The van der Waals surface area contributed by atoms with Gasteiger partial charge in [0.05, 0.1) is 12.7 Å². The predicted octanol–water partition coefficient (Wildman–Crippen LogP) is 3.71. The van der Waals surface area contributed by atoms with Crippen molar-refractivity contribution in [2.24, 2.45) is 0 Å². The van der Waals surface area contributed by atoms with E-state index < -0.39 is 6.10 Å². The molecule has 0 aliphatic heterocycles. The molecule has 1 N–H and O–H groups in total. The van der Waals surface area contributed by atoms with Crippen molar-refractivity contribution in [1.29, 1.82) is 0 Å². The Morgan fingerprint density at radius 1 is 1.05 bits per heavy atom. The quantitative estimate of drug-likeness (QED) is 0.879. The second-order valence-electron chi connectivity index (χ2n) is 5.29. The molecule has 3 rings (SSSR count). The molecule has 1 saturated carbocycles. The van der Waals surface area contributed by atoms with E-state index in [4.69, 9.17) is 9.47 Å². The number of hydrogen-bond donors (Lipinski definition) is 1. The first-order valence-corrected chi connectivity index (χ1v) is 7.43. The van der Waals surface area contributed by atoms with Gasteiger partial charge in [-0.2, -0.15) is 0 Å². The Balaban J connectivity index is 1.73.